The predicted molar refractivity (Wildman–Crippen MR) is 86.0 cm³/mol. The van der Waals surface area contributed by atoms with Gasteiger partial charge >= 0.3 is 0 Å². The van der Waals surface area contributed by atoms with Crippen LogP contribution in [0, 0.1) is 16.7 Å². The number of hydrogen-bond donors (Lipinski definition) is 1. The van der Waals surface area contributed by atoms with Crippen molar-refractivity contribution >= 4 is 16.6 Å². The molecule has 4 rings (SSSR count). The number of para-hydroxylation sites is 1. The highest BCUT2D eigenvalue weighted by Crippen LogP contribution is 2.39. The number of pyridine rings is 1. The molecule has 0 radical (unpaired) electrons. The normalized spacial score (nSPS) is 19.4. The monoisotopic (exact) mass is 294 g/mol. The number of aryl methyl sites for hydroxylation is 1. The summed E-state index contributed by atoms with van der Waals surface area (Å²) in [4.78, 5) is 14.8. The summed E-state index contributed by atoms with van der Waals surface area (Å²) in [6, 6.07) is 9.99. The minimum Gasteiger partial charge on any atom is -0.369 e. The van der Waals surface area contributed by atoms with Gasteiger partial charge in [0, 0.05) is 44.0 Å². The number of anilines is 1. The first-order chi connectivity index (χ1) is 10.7. The Morgan fingerprint density at radius 2 is 2.09 bits per heavy atom. The van der Waals surface area contributed by atoms with Gasteiger partial charge in [-0.25, -0.2) is 0 Å². The lowest BCUT2D eigenvalue weighted by molar-refractivity contribution is 0.200. The topological polar surface area (TPSA) is 61.1 Å². The maximum absolute atomic E-state index is 12.5. The van der Waals surface area contributed by atoms with Crippen LogP contribution in [-0.2, 0) is 7.05 Å². The van der Waals surface area contributed by atoms with Gasteiger partial charge < -0.3 is 14.8 Å². The highest BCUT2D eigenvalue weighted by molar-refractivity contribution is 5.95. The van der Waals surface area contributed by atoms with Crippen molar-refractivity contribution in [1.82, 2.24) is 9.88 Å². The average molecular weight is 294 g/mol. The van der Waals surface area contributed by atoms with Crippen molar-refractivity contribution in [1.29, 1.82) is 5.26 Å². The van der Waals surface area contributed by atoms with Crippen LogP contribution in [0.4, 0.5) is 5.69 Å². The largest absolute Gasteiger partial charge is 0.369 e. The average Bonchev–Trinajstić information content (AvgIpc) is 2.96. The molecule has 22 heavy (non-hydrogen) atoms. The third kappa shape index (κ3) is 1.71. The SMILES string of the molecule is Cn1c(=O)c(C#N)c(N2CCC3(CNC3)C2)c2ccccc21. The van der Waals surface area contributed by atoms with Crippen LogP contribution < -0.4 is 15.8 Å². The molecule has 112 valence electrons. The molecule has 2 fully saturated rings. The van der Waals surface area contributed by atoms with Crippen LogP contribution >= 0.6 is 0 Å². The lowest BCUT2D eigenvalue weighted by Gasteiger charge is -2.39. The fourth-order valence-electron chi connectivity index (χ4n) is 3.80. The quantitative estimate of drug-likeness (QED) is 0.859. The van der Waals surface area contributed by atoms with Crippen molar-refractivity contribution in [2.45, 2.75) is 6.42 Å². The van der Waals surface area contributed by atoms with Crippen LogP contribution in [-0.4, -0.2) is 30.7 Å². The van der Waals surface area contributed by atoms with Crippen molar-refractivity contribution in [2.24, 2.45) is 12.5 Å². The second-order valence-corrected chi connectivity index (χ2v) is 6.49. The van der Waals surface area contributed by atoms with Gasteiger partial charge in [-0.05, 0) is 12.5 Å². The van der Waals surface area contributed by atoms with E-state index in [1.54, 1.807) is 11.6 Å². The van der Waals surface area contributed by atoms with Crippen molar-refractivity contribution in [3.63, 3.8) is 0 Å². The molecule has 0 amide bonds. The van der Waals surface area contributed by atoms with Gasteiger partial charge in [0.15, 0.2) is 0 Å². The second kappa shape index (κ2) is 4.59. The van der Waals surface area contributed by atoms with Gasteiger partial charge in [0.25, 0.3) is 5.56 Å². The highest BCUT2D eigenvalue weighted by atomic mass is 16.1. The van der Waals surface area contributed by atoms with Crippen LogP contribution in [0.2, 0.25) is 0 Å². The summed E-state index contributed by atoms with van der Waals surface area (Å²) < 4.78 is 1.58. The summed E-state index contributed by atoms with van der Waals surface area (Å²) in [5, 5.41) is 13.9. The summed E-state index contributed by atoms with van der Waals surface area (Å²) in [6.45, 7) is 3.90. The van der Waals surface area contributed by atoms with Crippen molar-refractivity contribution in [3.05, 3.63) is 40.2 Å². The number of rotatable bonds is 1. The molecule has 0 aliphatic carbocycles. The molecule has 1 aromatic heterocycles. The van der Waals surface area contributed by atoms with E-state index in [-0.39, 0.29) is 11.1 Å². The zero-order valence-corrected chi connectivity index (χ0v) is 12.6. The molecule has 2 aromatic rings. The standard InChI is InChI=1S/C17H18N4O/c1-20-14-5-3-2-4-12(14)15(13(8-18)16(20)22)21-7-6-17(11-21)9-19-10-17/h2-5,19H,6-7,9-11H2,1H3. The molecule has 1 N–H and O–H groups in total. The first kappa shape index (κ1) is 13.4. The molecule has 5 nitrogen and oxygen atoms in total. The van der Waals surface area contributed by atoms with Gasteiger partial charge in [-0.15, -0.1) is 0 Å². The molecule has 5 heteroatoms. The summed E-state index contributed by atoms with van der Waals surface area (Å²) in [7, 11) is 1.73. The third-order valence-electron chi connectivity index (χ3n) is 5.14. The molecular formula is C17H18N4O. The number of fused-ring (bicyclic) bond motifs is 1. The molecule has 0 bridgehead atoms. The number of nitrogens with zero attached hydrogens (tertiary/aromatic N) is 3. The first-order valence-corrected chi connectivity index (χ1v) is 7.63. The van der Waals surface area contributed by atoms with Gasteiger partial charge in [-0.2, -0.15) is 5.26 Å². The van der Waals surface area contributed by atoms with E-state index < -0.39 is 0 Å². The smallest absolute Gasteiger partial charge is 0.270 e. The van der Waals surface area contributed by atoms with E-state index in [9.17, 15) is 10.1 Å². The van der Waals surface area contributed by atoms with Gasteiger partial charge in [0.1, 0.15) is 11.6 Å². The second-order valence-electron chi connectivity index (χ2n) is 6.49. The van der Waals surface area contributed by atoms with Gasteiger partial charge in [-0.3, -0.25) is 4.79 Å². The van der Waals surface area contributed by atoms with E-state index in [1.807, 2.05) is 24.3 Å². The Morgan fingerprint density at radius 3 is 2.73 bits per heavy atom. The van der Waals surface area contributed by atoms with Crippen LogP contribution in [0.15, 0.2) is 29.1 Å². The fourth-order valence-corrected chi connectivity index (χ4v) is 3.80. The highest BCUT2D eigenvalue weighted by Gasteiger charge is 2.43. The number of benzene rings is 1. The molecule has 1 spiro atoms. The Kier molecular flexibility index (Phi) is 2.78. The zero-order valence-electron chi connectivity index (χ0n) is 12.6. The Bertz CT molecular complexity index is 857. The maximum atomic E-state index is 12.5. The first-order valence-electron chi connectivity index (χ1n) is 7.63. The third-order valence-corrected chi connectivity index (χ3v) is 5.14. The molecule has 0 atom stereocenters. The van der Waals surface area contributed by atoms with Crippen molar-refractivity contribution in [3.8, 4) is 6.07 Å². The maximum Gasteiger partial charge on any atom is 0.270 e. The minimum absolute atomic E-state index is 0.205. The van der Waals surface area contributed by atoms with Crippen LogP contribution in [0.3, 0.4) is 0 Å². The molecule has 2 saturated heterocycles. The predicted octanol–water partition coefficient (Wildman–Crippen LogP) is 1.21. The van der Waals surface area contributed by atoms with E-state index in [0.717, 1.165) is 49.2 Å². The van der Waals surface area contributed by atoms with Crippen LogP contribution in [0.25, 0.3) is 10.9 Å². The fraction of sp³-hybridized carbons (Fsp3) is 0.412. The van der Waals surface area contributed by atoms with E-state index in [2.05, 4.69) is 16.3 Å². The summed E-state index contributed by atoms with van der Waals surface area (Å²) in [6.07, 6.45) is 1.12. The Morgan fingerprint density at radius 1 is 1.32 bits per heavy atom. The molecular weight excluding hydrogens is 276 g/mol. The molecule has 3 heterocycles. The number of nitriles is 1. The van der Waals surface area contributed by atoms with Crippen LogP contribution in [0.5, 0.6) is 0 Å². The zero-order chi connectivity index (χ0) is 15.3. The van der Waals surface area contributed by atoms with E-state index in [1.165, 1.54) is 0 Å². The summed E-state index contributed by atoms with van der Waals surface area (Å²) >= 11 is 0. The number of nitrogens with one attached hydrogen (secondary N) is 1. The van der Waals surface area contributed by atoms with Gasteiger partial charge in [0.05, 0.1) is 11.2 Å². The number of aromatic nitrogens is 1. The Labute approximate surface area is 128 Å². The summed E-state index contributed by atoms with van der Waals surface area (Å²) in [5.41, 5.74) is 2.10. The molecule has 1 aromatic carbocycles. The minimum atomic E-state index is -0.205. The molecule has 0 saturated carbocycles. The Hall–Kier alpha value is -2.32. The van der Waals surface area contributed by atoms with Crippen molar-refractivity contribution < 1.29 is 0 Å². The summed E-state index contributed by atoms with van der Waals surface area (Å²) in [5.74, 6) is 0. The van der Waals surface area contributed by atoms with E-state index in [0.29, 0.717) is 5.41 Å². The van der Waals surface area contributed by atoms with Gasteiger partial charge in [0.2, 0.25) is 0 Å². The molecule has 2 aliphatic heterocycles. The van der Waals surface area contributed by atoms with Gasteiger partial charge in [-0.1, -0.05) is 18.2 Å². The molecule has 0 unspecified atom stereocenters. The molecule has 2 aliphatic rings. The Balaban J connectivity index is 1.95. The lowest BCUT2D eigenvalue weighted by atomic mass is 9.81. The van der Waals surface area contributed by atoms with E-state index >= 15 is 0 Å². The lowest BCUT2D eigenvalue weighted by Crippen LogP contribution is -2.54. The number of hydrogen-bond acceptors (Lipinski definition) is 4. The van der Waals surface area contributed by atoms with Crippen molar-refractivity contribution in [2.75, 3.05) is 31.1 Å². The van der Waals surface area contributed by atoms with E-state index in [4.69, 9.17) is 0 Å². The van der Waals surface area contributed by atoms with Crippen LogP contribution in [0.1, 0.15) is 12.0 Å².